The van der Waals surface area contributed by atoms with Crippen LogP contribution < -0.4 is 15.1 Å². The standard InChI is InChI=1S/C27H21ClFN5O2S/c1-16-11-20(15-31-23(16)30-2)33-25(36)27(9-4-10-27)34(26(33)37)19-7-8-21(22(29)13-19)24(35)32-14-17-5-3-6-18(28)12-17/h3,5-8,11-13,15H,4,9-10,14H2,1H3,(H,32,35). The molecule has 186 valence electrons. The maximum absolute atomic E-state index is 15.2. The number of anilines is 2. The van der Waals surface area contributed by atoms with Crippen LogP contribution >= 0.6 is 23.8 Å². The van der Waals surface area contributed by atoms with Gasteiger partial charge in [-0.15, -0.1) is 4.98 Å². The number of aromatic nitrogens is 1. The topological polar surface area (TPSA) is 69.9 Å². The highest BCUT2D eigenvalue weighted by molar-refractivity contribution is 7.81. The van der Waals surface area contributed by atoms with Crippen LogP contribution in [-0.4, -0.2) is 27.4 Å². The molecule has 2 heterocycles. The first kappa shape index (κ1) is 24.8. The molecule has 1 saturated heterocycles. The maximum Gasteiger partial charge on any atom is 0.272 e. The fourth-order valence-electron chi connectivity index (χ4n) is 4.75. The lowest BCUT2D eigenvalue weighted by Crippen LogP contribution is -2.55. The molecule has 5 rings (SSSR count). The molecule has 2 aromatic carbocycles. The zero-order chi connectivity index (χ0) is 26.3. The van der Waals surface area contributed by atoms with E-state index in [9.17, 15) is 9.59 Å². The predicted octanol–water partition coefficient (Wildman–Crippen LogP) is 5.72. The Labute approximate surface area is 223 Å². The van der Waals surface area contributed by atoms with E-state index in [1.807, 2.05) is 6.07 Å². The summed E-state index contributed by atoms with van der Waals surface area (Å²) in [5, 5.41) is 3.46. The number of hydrogen-bond donors (Lipinski definition) is 1. The number of carbonyl (C=O) groups is 2. The summed E-state index contributed by atoms with van der Waals surface area (Å²) >= 11 is 11.7. The van der Waals surface area contributed by atoms with Gasteiger partial charge in [-0.25, -0.2) is 4.39 Å². The van der Waals surface area contributed by atoms with Crippen molar-refractivity contribution in [2.24, 2.45) is 0 Å². The van der Waals surface area contributed by atoms with Crippen LogP contribution in [0.15, 0.2) is 54.7 Å². The third-order valence-electron chi connectivity index (χ3n) is 6.79. The summed E-state index contributed by atoms with van der Waals surface area (Å²) in [7, 11) is 0. The number of hydrogen-bond acceptors (Lipinski definition) is 4. The van der Waals surface area contributed by atoms with Crippen LogP contribution in [0.2, 0.25) is 5.02 Å². The van der Waals surface area contributed by atoms with Gasteiger partial charge in [0.05, 0.1) is 11.3 Å². The summed E-state index contributed by atoms with van der Waals surface area (Å²) in [6.07, 6.45) is 3.42. The van der Waals surface area contributed by atoms with E-state index in [-0.39, 0.29) is 28.9 Å². The summed E-state index contributed by atoms with van der Waals surface area (Å²) in [5.74, 6) is -1.24. The number of amides is 2. The first-order valence-corrected chi connectivity index (χ1v) is 12.4. The largest absolute Gasteiger partial charge is 0.360 e. The van der Waals surface area contributed by atoms with E-state index in [0.29, 0.717) is 34.8 Å². The van der Waals surface area contributed by atoms with E-state index in [4.69, 9.17) is 30.4 Å². The van der Waals surface area contributed by atoms with E-state index in [1.165, 1.54) is 23.2 Å². The van der Waals surface area contributed by atoms with Gasteiger partial charge in [0, 0.05) is 17.3 Å². The normalized spacial score (nSPS) is 16.1. The van der Waals surface area contributed by atoms with Crippen molar-refractivity contribution < 1.29 is 14.0 Å². The van der Waals surface area contributed by atoms with Gasteiger partial charge in [0.2, 0.25) is 0 Å². The van der Waals surface area contributed by atoms with E-state index in [1.54, 1.807) is 42.2 Å². The third kappa shape index (κ3) is 4.22. The molecule has 1 aromatic heterocycles. The van der Waals surface area contributed by atoms with Gasteiger partial charge < -0.3 is 15.1 Å². The zero-order valence-electron chi connectivity index (χ0n) is 19.8. The monoisotopic (exact) mass is 533 g/mol. The second-order valence-electron chi connectivity index (χ2n) is 9.07. The fraction of sp³-hybridized carbons (Fsp3) is 0.222. The quantitative estimate of drug-likeness (QED) is 0.335. The van der Waals surface area contributed by atoms with Crippen LogP contribution in [0.1, 0.15) is 40.7 Å². The highest BCUT2D eigenvalue weighted by atomic mass is 35.5. The summed E-state index contributed by atoms with van der Waals surface area (Å²) in [6, 6.07) is 13.0. The van der Waals surface area contributed by atoms with Gasteiger partial charge in [-0.05, 0) is 85.9 Å². The minimum Gasteiger partial charge on any atom is -0.360 e. The number of benzene rings is 2. The molecule has 37 heavy (non-hydrogen) atoms. The van der Waals surface area contributed by atoms with Crippen LogP contribution in [0.5, 0.6) is 0 Å². The second-order valence-corrected chi connectivity index (χ2v) is 9.87. The molecule has 1 N–H and O–H groups in total. The summed E-state index contributed by atoms with van der Waals surface area (Å²) in [5.41, 5.74) is 1.25. The van der Waals surface area contributed by atoms with Crippen molar-refractivity contribution in [3.05, 3.63) is 93.7 Å². The van der Waals surface area contributed by atoms with Crippen LogP contribution in [0, 0.1) is 19.3 Å². The van der Waals surface area contributed by atoms with Gasteiger partial charge in [-0.3, -0.25) is 14.5 Å². The Hall–Kier alpha value is -3.87. The summed E-state index contributed by atoms with van der Waals surface area (Å²) in [4.78, 5) is 36.9. The summed E-state index contributed by atoms with van der Waals surface area (Å²) < 4.78 is 15.2. The lowest BCUT2D eigenvalue weighted by Gasteiger charge is -2.43. The molecule has 0 unspecified atom stereocenters. The van der Waals surface area contributed by atoms with Crippen molar-refractivity contribution in [3.63, 3.8) is 0 Å². The van der Waals surface area contributed by atoms with Gasteiger partial charge >= 0.3 is 0 Å². The molecule has 7 nitrogen and oxygen atoms in total. The van der Waals surface area contributed by atoms with Crippen molar-refractivity contribution in [1.82, 2.24) is 10.3 Å². The van der Waals surface area contributed by atoms with Gasteiger partial charge in [0.1, 0.15) is 17.6 Å². The molecule has 0 radical (unpaired) electrons. The fourth-order valence-corrected chi connectivity index (χ4v) is 5.43. The molecule has 2 aliphatic rings. The molecule has 1 aliphatic carbocycles. The SMILES string of the molecule is [C-]#[N+]c1ncc(N2C(=O)C3(CCC3)N(c3ccc(C(=O)NCc4cccc(Cl)c4)c(F)c3)C2=S)cc1C. The van der Waals surface area contributed by atoms with Crippen molar-refractivity contribution in [3.8, 4) is 0 Å². The third-order valence-corrected chi connectivity index (χ3v) is 7.39. The Bertz CT molecular complexity index is 1500. The number of nitrogens with zero attached hydrogens (tertiary/aromatic N) is 4. The number of carbonyl (C=O) groups excluding carboxylic acids is 2. The number of nitrogens with one attached hydrogen (secondary N) is 1. The number of rotatable bonds is 5. The molecular formula is C27H21ClFN5O2S. The van der Waals surface area contributed by atoms with Crippen LogP contribution in [0.25, 0.3) is 4.85 Å². The van der Waals surface area contributed by atoms with Crippen LogP contribution in [0.3, 0.4) is 0 Å². The molecule has 1 saturated carbocycles. The Balaban J connectivity index is 1.42. The zero-order valence-corrected chi connectivity index (χ0v) is 21.4. The van der Waals surface area contributed by atoms with Crippen LogP contribution in [0.4, 0.5) is 21.6 Å². The molecule has 1 aliphatic heterocycles. The average molecular weight is 534 g/mol. The average Bonchev–Trinajstić information content (AvgIpc) is 3.09. The maximum atomic E-state index is 15.2. The van der Waals surface area contributed by atoms with Gasteiger partial charge in [0.15, 0.2) is 5.11 Å². The Morgan fingerprint density at radius 3 is 2.65 bits per heavy atom. The number of halogens is 2. The smallest absolute Gasteiger partial charge is 0.272 e. The molecule has 3 aromatic rings. The van der Waals surface area contributed by atoms with E-state index in [2.05, 4.69) is 15.1 Å². The minimum atomic E-state index is -0.910. The molecule has 10 heteroatoms. The van der Waals surface area contributed by atoms with E-state index in [0.717, 1.165) is 12.0 Å². The minimum absolute atomic E-state index is 0.115. The molecule has 0 atom stereocenters. The van der Waals surface area contributed by atoms with Crippen molar-refractivity contribution in [2.75, 3.05) is 9.80 Å². The van der Waals surface area contributed by atoms with Gasteiger partial charge in [-0.1, -0.05) is 30.3 Å². The van der Waals surface area contributed by atoms with Crippen LogP contribution in [-0.2, 0) is 11.3 Å². The van der Waals surface area contributed by atoms with Gasteiger partial charge in [0.25, 0.3) is 17.6 Å². The predicted molar refractivity (Wildman–Crippen MR) is 143 cm³/mol. The lowest BCUT2D eigenvalue weighted by atomic mass is 9.75. The van der Waals surface area contributed by atoms with Crippen molar-refractivity contribution in [1.29, 1.82) is 0 Å². The molecule has 0 bridgehead atoms. The molecule has 1 spiro atoms. The lowest BCUT2D eigenvalue weighted by molar-refractivity contribution is -0.123. The van der Waals surface area contributed by atoms with Crippen molar-refractivity contribution >= 4 is 57.9 Å². The number of aryl methyl sites for hydroxylation is 1. The number of thiocarbonyl (C=S) groups is 1. The first-order chi connectivity index (χ1) is 17.7. The highest BCUT2D eigenvalue weighted by Crippen LogP contribution is 2.48. The second kappa shape index (κ2) is 9.54. The number of pyridine rings is 1. The first-order valence-electron chi connectivity index (χ1n) is 11.6. The van der Waals surface area contributed by atoms with Crippen molar-refractivity contribution in [2.45, 2.75) is 38.3 Å². The molecule has 2 amide bonds. The molecular weight excluding hydrogens is 513 g/mol. The van der Waals surface area contributed by atoms with Gasteiger partial charge in [-0.2, -0.15) is 0 Å². The van der Waals surface area contributed by atoms with E-state index >= 15 is 4.39 Å². The molecule has 2 fully saturated rings. The highest BCUT2D eigenvalue weighted by Gasteiger charge is 2.59. The Kier molecular flexibility index (Phi) is 6.40. The van der Waals surface area contributed by atoms with E-state index < -0.39 is 17.3 Å². The summed E-state index contributed by atoms with van der Waals surface area (Å²) in [6.45, 7) is 9.16. The Morgan fingerprint density at radius 1 is 1.24 bits per heavy atom. The Morgan fingerprint density at radius 2 is 2.03 bits per heavy atom.